The number of amides is 1. The van der Waals surface area contributed by atoms with Crippen LogP contribution in [0.15, 0.2) is 24.3 Å². The Labute approximate surface area is 137 Å². The van der Waals surface area contributed by atoms with E-state index in [1.165, 1.54) is 0 Å². The molecule has 1 heterocycles. The molecule has 1 saturated carbocycles. The predicted molar refractivity (Wildman–Crippen MR) is 79.7 cm³/mol. The van der Waals surface area contributed by atoms with Crippen LogP contribution in [0.2, 0.25) is 5.02 Å². The number of hydrogen-bond donors (Lipinski definition) is 1. The van der Waals surface area contributed by atoms with Gasteiger partial charge in [0.15, 0.2) is 0 Å². The minimum Gasteiger partial charge on any atom is -0.480 e. The lowest BCUT2D eigenvalue weighted by atomic mass is 9.90. The van der Waals surface area contributed by atoms with Gasteiger partial charge < -0.3 is 10.0 Å². The average Bonchev–Trinajstić information content (AvgIpc) is 3.28. The van der Waals surface area contributed by atoms with Crippen molar-refractivity contribution in [2.75, 3.05) is 6.54 Å². The molecule has 2 aliphatic rings. The largest absolute Gasteiger partial charge is 0.480 e. The zero-order valence-electron chi connectivity index (χ0n) is 12.3. The summed E-state index contributed by atoms with van der Waals surface area (Å²) in [5.41, 5.74) is -0.0290. The van der Waals surface area contributed by atoms with Crippen molar-refractivity contribution in [1.29, 1.82) is 0 Å². The van der Waals surface area contributed by atoms with Crippen LogP contribution < -0.4 is 0 Å². The number of carbonyl (C=O) groups excluding carboxylic acids is 1. The number of nitrogens with zero attached hydrogens (tertiary/aromatic N) is 1. The van der Waals surface area contributed by atoms with Crippen LogP contribution in [0.4, 0.5) is 8.78 Å². The van der Waals surface area contributed by atoms with E-state index in [9.17, 15) is 23.5 Å². The van der Waals surface area contributed by atoms with Crippen molar-refractivity contribution < 1.29 is 23.5 Å². The third-order valence-corrected chi connectivity index (χ3v) is 4.94. The SMILES string of the molecule is O=C(O)C1CC(F)(F)CCN1C(=O)C1(c2ccc(Cl)cc2)CC1. The molecular weight excluding hydrogens is 328 g/mol. The topological polar surface area (TPSA) is 57.6 Å². The first kappa shape index (κ1) is 16.2. The Kier molecular flexibility index (Phi) is 3.83. The minimum atomic E-state index is -3.04. The molecule has 1 aromatic carbocycles. The summed E-state index contributed by atoms with van der Waals surface area (Å²) in [6.45, 7) is -0.238. The summed E-state index contributed by atoms with van der Waals surface area (Å²) in [5, 5.41) is 9.78. The second-order valence-corrected chi connectivity index (χ2v) is 6.69. The fourth-order valence-corrected chi connectivity index (χ4v) is 3.32. The van der Waals surface area contributed by atoms with Gasteiger partial charge in [-0.15, -0.1) is 0 Å². The van der Waals surface area contributed by atoms with Crippen LogP contribution in [0.1, 0.15) is 31.2 Å². The average molecular weight is 344 g/mol. The van der Waals surface area contributed by atoms with Gasteiger partial charge >= 0.3 is 5.97 Å². The summed E-state index contributed by atoms with van der Waals surface area (Å²) < 4.78 is 27.0. The molecule has 0 radical (unpaired) electrons. The van der Waals surface area contributed by atoms with E-state index in [1.54, 1.807) is 24.3 Å². The highest BCUT2D eigenvalue weighted by atomic mass is 35.5. The van der Waals surface area contributed by atoms with E-state index in [1.807, 2.05) is 0 Å². The van der Waals surface area contributed by atoms with Crippen LogP contribution in [-0.4, -0.2) is 40.4 Å². The van der Waals surface area contributed by atoms with Crippen molar-refractivity contribution in [3.63, 3.8) is 0 Å². The van der Waals surface area contributed by atoms with Crippen LogP contribution in [0.25, 0.3) is 0 Å². The summed E-state index contributed by atoms with van der Waals surface area (Å²) in [7, 11) is 0. The summed E-state index contributed by atoms with van der Waals surface area (Å²) >= 11 is 5.85. The van der Waals surface area contributed by atoms with Crippen molar-refractivity contribution in [3.05, 3.63) is 34.9 Å². The molecule has 1 atom stereocenters. The highest BCUT2D eigenvalue weighted by Gasteiger charge is 2.56. The van der Waals surface area contributed by atoms with E-state index < -0.39 is 36.2 Å². The van der Waals surface area contributed by atoms with Crippen molar-refractivity contribution in [3.8, 4) is 0 Å². The smallest absolute Gasteiger partial charge is 0.326 e. The number of carbonyl (C=O) groups is 2. The molecule has 2 fully saturated rings. The van der Waals surface area contributed by atoms with E-state index in [0.29, 0.717) is 17.9 Å². The van der Waals surface area contributed by atoms with Gasteiger partial charge in [0.1, 0.15) is 6.04 Å². The Morgan fingerprint density at radius 2 is 1.78 bits per heavy atom. The van der Waals surface area contributed by atoms with Crippen LogP contribution in [-0.2, 0) is 15.0 Å². The molecule has 0 aromatic heterocycles. The number of carboxylic acids is 1. The Bertz CT molecular complexity index is 643. The minimum absolute atomic E-state index is 0.238. The molecule has 1 aliphatic carbocycles. The second-order valence-electron chi connectivity index (χ2n) is 6.25. The first-order valence-corrected chi connectivity index (χ1v) is 7.81. The van der Waals surface area contributed by atoms with Crippen molar-refractivity contribution in [1.82, 2.24) is 4.90 Å². The number of likely N-dealkylation sites (tertiary alicyclic amines) is 1. The highest BCUT2D eigenvalue weighted by Crippen LogP contribution is 2.51. The molecule has 0 bridgehead atoms. The van der Waals surface area contributed by atoms with Crippen LogP contribution in [0.5, 0.6) is 0 Å². The highest BCUT2D eigenvalue weighted by molar-refractivity contribution is 6.30. The molecule has 23 heavy (non-hydrogen) atoms. The second kappa shape index (κ2) is 5.44. The quantitative estimate of drug-likeness (QED) is 0.917. The molecule has 1 amide bonds. The third-order valence-electron chi connectivity index (χ3n) is 4.69. The predicted octanol–water partition coefficient (Wildman–Crippen LogP) is 3.08. The number of piperidine rings is 1. The molecule has 1 N–H and O–H groups in total. The lowest BCUT2D eigenvalue weighted by Crippen LogP contribution is -2.55. The zero-order chi connectivity index (χ0) is 16.8. The zero-order valence-corrected chi connectivity index (χ0v) is 13.0. The van der Waals surface area contributed by atoms with Gasteiger partial charge in [-0.05, 0) is 30.5 Å². The van der Waals surface area contributed by atoms with E-state index in [0.717, 1.165) is 10.5 Å². The fraction of sp³-hybridized carbons (Fsp3) is 0.500. The maximum Gasteiger partial charge on any atom is 0.326 e. The number of halogens is 3. The standard InChI is InChI=1S/C16H16ClF2NO3/c17-11-3-1-10(2-4-11)15(5-6-15)14(23)20-8-7-16(18,19)9-12(20)13(21)22/h1-4,12H,5-9H2,(H,21,22). The van der Waals surface area contributed by atoms with Gasteiger partial charge in [0.05, 0.1) is 5.41 Å². The van der Waals surface area contributed by atoms with E-state index >= 15 is 0 Å². The Balaban J connectivity index is 1.87. The number of hydrogen-bond acceptors (Lipinski definition) is 2. The summed E-state index contributed by atoms with van der Waals surface area (Å²) in [6, 6.07) is 5.34. The van der Waals surface area contributed by atoms with E-state index in [2.05, 4.69) is 0 Å². The third kappa shape index (κ3) is 2.92. The van der Waals surface area contributed by atoms with Gasteiger partial charge in [0.2, 0.25) is 5.91 Å². The van der Waals surface area contributed by atoms with Gasteiger partial charge in [-0.1, -0.05) is 23.7 Å². The van der Waals surface area contributed by atoms with E-state index in [4.69, 9.17) is 11.6 Å². The molecule has 0 spiro atoms. The number of aliphatic carboxylic acids is 1. The number of alkyl halides is 2. The molecule has 124 valence electrons. The van der Waals surface area contributed by atoms with Crippen LogP contribution in [0.3, 0.4) is 0 Å². The maximum atomic E-state index is 13.5. The van der Waals surface area contributed by atoms with Crippen molar-refractivity contribution >= 4 is 23.5 Å². The fourth-order valence-electron chi connectivity index (χ4n) is 3.19. The normalized spacial score (nSPS) is 25.0. The molecule has 1 aliphatic heterocycles. The lowest BCUT2D eigenvalue weighted by molar-refractivity contribution is -0.163. The number of carboxylic acid groups (broad SMARTS) is 1. The summed E-state index contributed by atoms with van der Waals surface area (Å²) in [5.74, 6) is -4.80. The first-order chi connectivity index (χ1) is 10.8. The molecule has 1 unspecified atom stereocenters. The van der Waals surface area contributed by atoms with Gasteiger partial charge in [-0.25, -0.2) is 13.6 Å². The summed E-state index contributed by atoms with van der Waals surface area (Å²) in [6.07, 6.45) is -0.149. The molecule has 1 saturated heterocycles. The molecular formula is C16H16ClF2NO3. The monoisotopic (exact) mass is 343 g/mol. The molecule has 1 aromatic rings. The van der Waals surface area contributed by atoms with Crippen molar-refractivity contribution in [2.45, 2.75) is 43.1 Å². The molecule has 3 rings (SSSR count). The molecule has 4 nitrogen and oxygen atoms in total. The Hall–Kier alpha value is -1.69. The van der Waals surface area contributed by atoms with Gasteiger partial charge in [-0.3, -0.25) is 4.79 Å². The van der Waals surface area contributed by atoms with Crippen LogP contribution >= 0.6 is 11.6 Å². The number of rotatable bonds is 3. The van der Waals surface area contributed by atoms with Gasteiger partial charge in [0.25, 0.3) is 5.92 Å². The van der Waals surface area contributed by atoms with Crippen LogP contribution in [0, 0.1) is 0 Å². The lowest BCUT2D eigenvalue weighted by Gasteiger charge is -2.39. The van der Waals surface area contributed by atoms with E-state index in [-0.39, 0.29) is 12.5 Å². The number of benzene rings is 1. The Morgan fingerprint density at radius 3 is 2.30 bits per heavy atom. The first-order valence-electron chi connectivity index (χ1n) is 7.43. The Morgan fingerprint density at radius 1 is 1.17 bits per heavy atom. The summed E-state index contributed by atoms with van der Waals surface area (Å²) in [4.78, 5) is 25.3. The van der Waals surface area contributed by atoms with Crippen molar-refractivity contribution in [2.24, 2.45) is 0 Å². The van der Waals surface area contributed by atoms with Gasteiger partial charge in [-0.2, -0.15) is 0 Å². The maximum absolute atomic E-state index is 13.5. The van der Waals surface area contributed by atoms with Gasteiger partial charge in [0, 0.05) is 24.4 Å². The molecule has 7 heteroatoms.